The van der Waals surface area contributed by atoms with Gasteiger partial charge in [-0.15, -0.1) is 29.7 Å². The minimum atomic E-state index is 0. The molecule has 0 radical (unpaired) electrons. The van der Waals surface area contributed by atoms with Crippen LogP contribution in [0.15, 0.2) is 60.2 Å². The van der Waals surface area contributed by atoms with Gasteiger partial charge in [-0.25, -0.2) is 6.08 Å². The molecule has 0 bridgehead atoms. The number of benzene rings is 1. The van der Waals surface area contributed by atoms with E-state index in [2.05, 4.69) is 88.4 Å². The van der Waals surface area contributed by atoms with Crippen molar-refractivity contribution in [2.75, 3.05) is 0 Å². The van der Waals surface area contributed by atoms with Crippen LogP contribution in [-0.2, 0) is 26.2 Å². The number of hydrogen-bond donors (Lipinski definition) is 0. The van der Waals surface area contributed by atoms with Crippen molar-refractivity contribution in [2.24, 2.45) is 17.8 Å². The van der Waals surface area contributed by atoms with Crippen LogP contribution in [0.2, 0.25) is 0 Å². The molecule has 122 valence electrons. The normalized spacial score (nSPS) is 15.2. The molecule has 3 rings (SSSR count). The zero-order chi connectivity index (χ0) is 14.5. The Morgan fingerprint density at radius 2 is 1.65 bits per heavy atom. The molecule has 0 saturated heterocycles. The van der Waals surface area contributed by atoms with Crippen molar-refractivity contribution in [2.45, 2.75) is 27.7 Å². The molecule has 0 aliphatic heterocycles. The van der Waals surface area contributed by atoms with Gasteiger partial charge in [0.15, 0.2) is 0 Å². The van der Waals surface area contributed by atoms with Crippen molar-refractivity contribution >= 4 is 10.8 Å². The second-order valence-electron chi connectivity index (χ2n) is 6.06. The van der Waals surface area contributed by atoms with E-state index in [4.69, 9.17) is 0 Å². The largest absolute Gasteiger partial charge is 4.00 e. The summed E-state index contributed by atoms with van der Waals surface area (Å²) in [6.45, 7) is 8.94. The maximum Gasteiger partial charge on any atom is 4.00 e. The van der Waals surface area contributed by atoms with Gasteiger partial charge in [-0.2, -0.15) is 29.2 Å². The minimum Gasteiger partial charge on any atom is -1.00 e. The number of allylic oxidation sites excluding steroid dienone is 4. The Hall–Kier alpha value is -0.227. The fraction of sp³-hybridized carbons (Fsp3) is 0.350. The Labute approximate surface area is 172 Å². The van der Waals surface area contributed by atoms with Gasteiger partial charge in [0.25, 0.3) is 0 Å². The molecule has 1 unspecified atom stereocenters. The van der Waals surface area contributed by atoms with E-state index in [0.717, 1.165) is 0 Å². The Morgan fingerprint density at radius 1 is 1.00 bits per heavy atom. The van der Waals surface area contributed by atoms with E-state index >= 15 is 0 Å². The third-order valence-corrected chi connectivity index (χ3v) is 3.75. The first-order valence-electron chi connectivity index (χ1n) is 7.49. The van der Waals surface area contributed by atoms with Gasteiger partial charge in [-0.3, -0.25) is 6.08 Å². The second-order valence-corrected chi connectivity index (χ2v) is 6.06. The summed E-state index contributed by atoms with van der Waals surface area (Å²) in [5, 5.41) is 2.66. The molecule has 0 nitrogen and oxygen atoms in total. The molecule has 0 saturated carbocycles. The standard InChI is InChI=1S/C11H17.C9H7.2ClH.Zr/c1-8(2)10-5-6-11(7-10)9(3)4;1-2-5-9-7-3-6-8(9)4-1;;;/h5,7-9,11H,1-4H3;1-7H;2*1H;/q2*-1;;;+4/p-2. The average Bonchev–Trinajstić information content (AvgIpc) is 3.08. The van der Waals surface area contributed by atoms with Gasteiger partial charge in [-0.05, 0) is 0 Å². The second kappa shape index (κ2) is 12.2. The maximum absolute atomic E-state index is 3.37. The molecule has 2 aromatic rings. The smallest absolute Gasteiger partial charge is 1.00 e. The van der Waals surface area contributed by atoms with Gasteiger partial charge < -0.3 is 24.8 Å². The first-order valence-corrected chi connectivity index (χ1v) is 7.49. The molecule has 0 aromatic heterocycles. The molecule has 0 amide bonds. The van der Waals surface area contributed by atoms with Gasteiger partial charge in [0.1, 0.15) is 0 Å². The van der Waals surface area contributed by atoms with E-state index in [9.17, 15) is 0 Å². The number of hydrogen-bond acceptors (Lipinski definition) is 0. The molecule has 1 atom stereocenters. The van der Waals surface area contributed by atoms with Crippen molar-refractivity contribution in [1.82, 2.24) is 0 Å². The van der Waals surface area contributed by atoms with Crippen LogP contribution in [0.4, 0.5) is 0 Å². The van der Waals surface area contributed by atoms with Gasteiger partial charge in [-0.1, -0.05) is 51.5 Å². The molecule has 0 fully saturated rings. The van der Waals surface area contributed by atoms with Crippen LogP contribution in [0, 0.1) is 23.8 Å². The molecule has 1 aliphatic carbocycles. The molecule has 0 N–H and O–H groups in total. The van der Waals surface area contributed by atoms with Crippen molar-refractivity contribution < 1.29 is 51.0 Å². The van der Waals surface area contributed by atoms with Crippen LogP contribution >= 0.6 is 0 Å². The van der Waals surface area contributed by atoms with Crippen LogP contribution in [-0.4, -0.2) is 0 Å². The Bertz CT molecular complexity index is 579. The van der Waals surface area contributed by atoms with Crippen molar-refractivity contribution in [3.8, 4) is 0 Å². The minimum absolute atomic E-state index is 0. The molecule has 1 aliphatic rings. The summed E-state index contributed by atoms with van der Waals surface area (Å²) < 4.78 is 0. The first kappa shape index (κ1) is 25.0. The van der Waals surface area contributed by atoms with Crippen LogP contribution in [0.1, 0.15) is 27.7 Å². The number of fused-ring (bicyclic) bond motifs is 1. The van der Waals surface area contributed by atoms with E-state index in [-0.39, 0.29) is 51.0 Å². The molecule has 0 spiro atoms. The molecular formula is C20H24Cl2Zr. The predicted molar refractivity (Wildman–Crippen MR) is 88.6 cm³/mol. The summed E-state index contributed by atoms with van der Waals surface area (Å²) in [5.74, 6) is 1.92. The topological polar surface area (TPSA) is 0 Å². The zero-order valence-electron chi connectivity index (χ0n) is 14.2. The van der Waals surface area contributed by atoms with E-state index < -0.39 is 0 Å². The number of rotatable bonds is 2. The summed E-state index contributed by atoms with van der Waals surface area (Å²) in [5.41, 5.74) is 1.45. The monoisotopic (exact) mass is 424 g/mol. The maximum atomic E-state index is 3.37. The van der Waals surface area contributed by atoms with Crippen molar-refractivity contribution in [3.63, 3.8) is 0 Å². The SMILES string of the molecule is CC(C)C1=CC(C(C)C)[C-]=C1.[Cl-].[Cl-].[Zr+4].c1ccc2[cH-]ccc2c1. The summed E-state index contributed by atoms with van der Waals surface area (Å²) in [6.07, 6.45) is 7.86. The Morgan fingerprint density at radius 3 is 2.13 bits per heavy atom. The van der Waals surface area contributed by atoms with Gasteiger partial charge in [0.05, 0.1) is 0 Å². The van der Waals surface area contributed by atoms with Crippen LogP contribution in [0.25, 0.3) is 10.8 Å². The van der Waals surface area contributed by atoms with E-state index in [1.807, 2.05) is 0 Å². The van der Waals surface area contributed by atoms with E-state index in [1.165, 1.54) is 16.3 Å². The third-order valence-electron chi connectivity index (χ3n) is 3.75. The molecule has 0 heterocycles. The summed E-state index contributed by atoms with van der Waals surface area (Å²) in [4.78, 5) is 0. The van der Waals surface area contributed by atoms with Gasteiger partial charge in [0.2, 0.25) is 0 Å². The zero-order valence-corrected chi connectivity index (χ0v) is 18.2. The van der Waals surface area contributed by atoms with Crippen LogP contribution < -0.4 is 24.8 Å². The van der Waals surface area contributed by atoms with Gasteiger partial charge >= 0.3 is 26.2 Å². The molecule has 2 aromatic carbocycles. The van der Waals surface area contributed by atoms with Gasteiger partial charge in [0, 0.05) is 0 Å². The Kier molecular flexibility index (Phi) is 13.2. The quantitative estimate of drug-likeness (QED) is 0.583. The average molecular weight is 427 g/mol. The summed E-state index contributed by atoms with van der Waals surface area (Å²) in [6, 6.07) is 14.7. The third kappa shape index (κ3) is 7.46. The molecule has 23 heavy (non-hydrogen) atoms. The molecule has 3 heteroatoms. The van der Waals surface area contributed by atoms with Crippen LogP contribution in [0.3, 0.4) is 0 Å². The molecular weight excluding hydrogens is 402 g/mol. The summed E-state index contributed by atoms with van der Waals surface area (Å²) in [7, 11) is 0. The fourth-order valence-electron chi connectivity index (χ4n) is 2.31. The Balaban J connectivity index is 0. The van der Waals surface area contributed by atoms with E-state index in [0.29, 0.717) is 17.8 Å². The van der Waals surface area contributed by atoms with Crippen LogP contribution in [0.5, 0.6) is 0 Å². The van der Waals surface area contributed by atoms with Crippen molar-refractivity contribution in [3.05, 3.63) is 66.3 Å². The van der Waals surface area contributed by atoms with Crippen molar-refractivity contribution in [1.29, 1.82) is 0 Å². The predicted octanol–water partition coefficient (Wildman–Crippen LogP) is -0.222. The fourth-order valence-corrected chi connectivity index (χ4v) is 2.31. The summed E-state index contributed by atoms with van der Waals surface area (Å²) >= 11 is 0. The van der Waals surface area contributed by atoms with E-state index in [1.54, 1.807) is 0 Å². The number of halogens is 2. The first-order chi connectivity index (χ1) is 9.58.